The smallest absolute Gasteiger partial charge is 0.270 e. The van der Waals surface area contributed by atoms with Gasteiger partial charge in [-0.1, -0.05) is 13.3 Å². The zero-order chi connectivity index (χ0) is 18.2. The van der Waals surface area contributed by atoms with Crippen LogP contribution >= 0.6 is 0 Å². The Morgan fingerprint density at radius 2 is 1.76 bits per heavy atom. The molecule has 0 bridgehead atoms. The molecule has 1 aromatic heterocycles. The third-order valence-electron chi connectivity index (χ3n) is 3.36. The maximum Gasteiger partial charge on any atom is 0.270 e. The highest BCUT2D eigenvalue weighted by Gasteiger charge is 2.10. The number of hydrogen-bond donors (Lipinski definition) is 3. The minimum Gasteiger partial charge on any atom is -0.351 e. The van der Waals surface area contributed by atoms with Crippen molar-refractivity contribution in [2.45, 2.75) is 33.6 Å². The van der Waals surface area contributed by atoms with Crippen molar-refractivity contribution in [1.29, 1.82) is 0 Å². The second-order valence-electron chi connectivity index (χ2n) is 5.71. The molecule has 0 fully saturated rings. The van der Waals surface area contributed by atoms with Crippen LogP contribution in [0.4, 0.5) is 17.3 Å². The van der Waals surface area contributed by atoms with Crippen molar-refractivity contribution in [2.24, 2.45) is 0 Å². The molecule has 1 aromatic carbocycles. The molecule has 0 aliphatic rings. The summed E-state index contributed by atoms with van der Waals surface area (Å²) in [7, 11) is 0. The average Bonchev–Trinajstić information content (AvgIpc) is 2.56. The average molecular weight is 341 g/mol. The van der Waals surface area contributed by atoms with E-state index in [1.165, 1.54) is 6.92 Å². The number of nitrogens with zero attached hydrogens (tertiary/aromatic N) is 2. The van der Waals surface area contributed by atoms with Crippen LogP contribution in [0.1, 0.15) is 42.9 Å². The number of benzene rings is 1. The molecular formula is C18H23N5O2. The standard InChI is InChI=1S/C18H23N5O2/c1-4-5-10-19-17(25)16-11-12(2)20-18(23-16)22-15-8-6-14(7-9-15)21-13(3)24/h6-9,11H,4-5,10H2,1-3H3,(H,19,25)(H,21,24)(H,20,22,23). The second-order valence-corrected chi connectivity index (χ2v) is 5.71. The molecule has 0 aliphatic heterocycles. The largest absolute Gasteiger partial charge is 0.351 e. The van der Waals surface area contributed by atoms with Crippen molar-refractivity contribution >= 4 is 29.1 Å². The minimum atomic E-state index is -0.206. The molecule has 0 saturated carbocycles. The van der Waals surface area contributed by atoms with Gasteiger partial charge in [0, 0.05) is 30.5 Å². The lowest BCUT2D eigenvalue weighted by Crippen LogP contribution is -2.25. The number of aryl methyl sites for hydroxylation is 1. The van der Waals surface area contributed by atoms with Crippen LogP contribution in [-0.4, -0.2) is 28.3 Å². The molecule has 0 radical (unpaired) electrons. The number of nitrogens with one attached hydrogen (secondary N) is 3. The summed E-state index contributed by atoms with van der Waals surface area (Å²) in [6, 6.07) is 8.82. The van der Waals surface area contributed by atoms with Gasteiger partial charge in [-0.2, -0.15) is 0 Å². The van der Waals surface area contributed by atoms with Crippen LogP contribution in [0.2, 0.25) is 0 Å². The number of rotatable bonds is 7. The molecule has 132 valence electrons. The van der Waals surface area contributed by atoms with E-state index in [-0.39, 0.29) is 11.8 Å². The molecular weight excluding hydrogens is 318 g/mol. The first-order valence-electron chi connectivity index (χ1n) is 8.26. The van der Waals surface area contributed by atoms with E-state index in [1.54, 1.807) is 30.3 Å². The molecule has 3 N–H and O–H groups in total. The third-order valence-corrected chi connectivity index (χ3v) is 3.36. The molecule has 1 heterocycles. The van der Waals surface area contributed by atoms with Crippen LogP contribution in [0.3, 0.4) is 0 Å². The number of hydrogen-bond acceptors (Lipinski definition) is 5. The van der Waals surface area contributed by atoms with Gasteiger partial charge in [-0.05, 0) is 43.7 Å². The van der Waals surface area contributed by atoms with E-state index in [4.69, 9.17) is 0 Å². The number of carbonyl (C=O) groups excluding carboxylic acids is 2. The van der Waals surface area contributed by atoms with E-state index in [9.17, 15) is 9.59 Å². The summed E-state index contributed by atoms with van der Waals surface area (Å²) < 4.78 is 0. The maximum absolute atomic E-state index is 12.2. The first-order chi connectivity index (χ1) is 12.0. The highest BCUT2D eigenvalue weighted by molar-refractivity contribution is 5.92. The Morgan fingerprint density at radius 1 is 1.08 bits per heavy atom. The van der Waals surface area contributed by atoms with Gasteiger partial charge >= 0.3 is 0 Å². The van der Waals surface area contributed by atoms with Crippen LogP contribution in [-0.2, 0) is 4.79 Å². The maximum atomic E-state index is 12.2. The number of aromatic nitrogens is 2. The van der Waals surface area contributed by atoms with Gasteiger partial charge in [-0.15, -0.1) is 0 Å². The Kier molecular flexibility index (Phi) is 6.45. The Balaban J connectivity index is 2.09. The topological polar surface area (TPSA) is 96.0 Å². The van der Waals surface area contributed by atoms with Gasteiger partial charge in [-0.3, -0.25) is 9.59 Å². The van der Waals surface area contributed by atoms with E-state index in [0.717, 1.165) is 18.5 Å². The monoisotopic (exact) mass is 341 g/mol. The molecule has 25 heavy (non-hydrogen) atoms. The highest BCUT2D eigenvalue weighted by Crippen LogP contribution is 2.17. The number of amides is 2. The zero-order valence-electron chi connectivity index (χ0n) is 14.7. The molecule has 7 nitrogen and oxygen atoms in total. The summed E-state index contributed by atoms with van der Waals surface area (Å²) in [5.41, 5.74) is 2.50. The van der Waals surface area contributed by atoms with Crippen LogP contribution in [0.25, 0.3) is 0 Å². The van der Waals surface area contributed by atoms with Crippen molar-refractivity contribution < 1.29 is 9.59 Å². The first kappa shape index (κ1) is 18.4. The Bertz CT molecular complexity index is 744. The normalized spacial score (nSPS) is 10.2. The van der Waals surface area contributed by atoms with Crippen molar-refractivity contribution in [2.75, 3.05) is 17.2 Å². The van der Waals surface area contributed by atoms with Gasteiger partial charge in [-0.25, -0.2) is 9.97 Å². The molecule has 0 spiro atoms. The molecule has 7 heteroatoms. The van der Waals surface area contributed by atoms with E-state index in [1.807, 2.05) is 6.92 Å². The summed E-state index contributed by atoms with van der Waals surface area (Å²) in [6.45, 7) is 5.97. The Morgan fingerprint density at radius 3 is 2.40 bits per heavy atom. The van der Waals surface area contributed by atoms with Gasteiger partial charge in [0.15, 0.2) is 0 Å². The molecule has 2 rings (SSSR count). The summed E-state index contributed by atoms with van der Waals surface area (Å²) in [5, 5.41) is 8.62. The van der Waals surface area contributed by atoms with Crippen molar-refractivity contribution in [3.8, 4) is 0 Å². The van der Waals surface area contributed by atoms with Crippen LogP contribution < -0.4 is 16.0 Å². The molecule has 2 aromatic rings. The lowest BCUT2D eigenvalue weighted by molar-refractivity contribution is -0.114. The highest BCUT2D eigenvalue weighted by atomic mass is 16.2. The summed E-state index contributed by atoms with van der Waals surface area (Å²) in [6.07, 6.45) is 1.95. The van der Waals surface area contributed by atoms with Crippen molar-refractivity contribution in [1.82, 2.24) is 15.3 Å². The summed E-state index contributed by atoms with van der Waals surface area (Å²) in [4.78, 5) is 31.8. The van der Waals surface area contributed by atoms with Gasteiger partial charge in [0.1, 0.15) is 5.69 Å². The Hall–Kier alpha value is -2.96. The molecule has 2 amide bonds. The quantitative estimate of drug-likeness (QED) is 0.673. The minimum absolute atomic E-state index is 0.124. The fourth-order valence-corrected chi connectivity index (χ4v) is 2.18. The van der Waals surface area contributed by atoms with E-state index < -0.39 is 0 Å². The second kappa shape index (κ2) is 8.77. The van der Waals surface area contributed by atoms with Crippen LogP contribution in [0.15, 0.2) is 30.3 Å². The van der Waals surface area contributed by atoms with Crippen LogP contribution in [0.5, 0.6) is 0 Å². The molecule has 0 atom stereocenters. The van der Waals surface area contributed by atoms with E-state index in [2.05, 4.69) is 32.8 Å². The SMILES string of the molecule is CCCCNC(=O)c1cc(C)nc(Nc2ccc(NC(C)=O)cc2)n1. The molecule has 0 saturated heterocycles. The molecule has 0 unspecified atom stereocenters. The summed E-state index contributed by atoms with van der Waals surface area (Å²) >= 11 is 0. The Labute approximate surface area is 147 Å². The van der Waals surface area contributed by atoms with Gasteiger partial charge in [0.05, 0.1) is 0 Å². The van der Waals surface area contributed by atoms with Crippen molar-refractivity contribution in [3.05, 3.63) is 41.7 Å². The third kappa shape index (κ3) is 5.87. The van der Waals surface area contributed by atoms with E-state index in [0.29, 0.717) is 29.6 Å². The lowest BCUT2D eigenvalue weighted by atomic mass is 10.2. The number of anilines is 3. The van der Waals surface area contributed by atoms with Crippen molar-refractivity contribution in [3.63, 3.8) is 0 Å². The number of carbonyl (C=O) groups is 2. The predicted octanol–water partition coefficient (Wildman–Crippen LogP) is 3.02. The summed E-state index contributed by atoms with van der Waals surface area (Å²) in [5.74, 6) is 0.0254. The fourth-order valence-electron chi connectivity index (χ4n) is 2.18. The number of unbranched alkanes of at least 4 members (excludes halogenated alkanes) is 1. The fraction of sp³-hybridized carbons (Fsp3) is 0.333. The predicted molar refractivity (Wildman–Crippen MR) is 98.0 cm³/mol. The van der Waals surface area contributed by atoms with Gasteiger partial charge in [0.25, 0.3) is 5.91 Å². The zero-order valence-corrected chi connectivity index (χ0v) is 14.7. The van der Waals surface area contributed by atoms with E-state index >= 15 is 0 Å². The van der Waals surface area contributed by atoms with Gasteiger partial charge in [0.2, 0.25) is 11.9 Å². The van der Waals surface area contributed by atoms with Crippen LogP contribution in [0, 0.1) is 6.92 Å². The van der Waals surface area contributed by atoms with Gasteiger partial charge < -0.3 is 16.0 Å². The lowest BCUT2D eigenvalue weighted by Gasteiger charge is -2.09. The first-order valence-corrected chi connectivity index (χ1v) is 8.26. The molecule has 0 aliphatic carbocycles.